The van der Waals surface area contributed by atoms with E-state index < -0.39 is 0 Å². The number of methoxy groups -OCH3 is 1. The Morgan fingerprint density at radius 3 is 2.51 bits per heavy atom. The largest absolute Gasteiger partial charge is 0.495 e. The maximum Gasteiger partial charge on any atom is 0.410 e. The van der Waals surface area contributed by atoms with Gasteiger partial charge in [0.05, 0.1) is 19.1 Å². The highest BCUT2D eigenvalue weighted by atomic mass is 16.6. The fourth-order valence-corrected chi connectivity index (χ4v) is 15.0. The SMILES string of the molecule is COc1cc2c(cc1N1CCN(C(=O)OC3CCC4(C)C(=CCC5C4CCC4(C)C(C(C)CCCC(C)C)CCC54)C3)CC1)C1=C(C3=CC=COC32)C(C)(C)c2ccccc21. The lowest BCUT2D eigenvalue weighted by Gasteiger charge is -2.58. The molecule has 0 bridgehead atoms. The Kier molecular flexibility index (Phi) is 10.4. The molecular formula is C55H72N2O4. The summed E-state index contributed by atoms with van der Waals surface area (Å²) < 4.78 is 18.9. The molecule has 10 rings (SSSR count). The molecule has 2 aliphatic heterocycles. The standard InChI is InChI=1S/C55H72N2O4/c1-34(2)13-11-14-35(3)43-20-21-45-38-19-18-36-31-37(22-24-54(36,6)46(38)23-25-55(43,45)7)61-52(58)57-28-26-56(27-29-57)47-32-41-42(33-48(47)59-8)51-40(16-12-30-60-51)50-49(41)39-15-9-10-17-44(39)53(50,4)5/h9-10,12,15-18,30,32-35,37-38,43,45-46,51H,11,13-14,19-29,31H2,1-8H3. The van der Waals surface area contributed by atoms with Crippen LogP contribution in [0.2, 0.25) is 0 Å². The van der Waals surface area contributed by atoms with Crippen LogP contribution in [-0.4, -0.2) is 50.4 Å². The molecule has 2 aromatic carbocycles. The van der Waals surface area contributed by atoms with E-state index in [4.69, 9.17) is 14.2 Å². The van der Waals surface area contributed by atoms with Crippen molar-refractivity contribution < 1.29 is 19.0 Å². The molecule has 9 unspecified atom stereocenters. The molecule has 1 saturated heterocycles. The van der Waals surface area contributed by atoms with Crippen molar-refractivity contribution in [1.82, 2.24) is 4.90 Å². The first-order chi connectivity index (χ1) is 29.3. The first kappa shape index (κ1) is 41.1. The molecule has 6 heteroatoms. The van der Waals surface area contributed by atoms with Gasteiger partial charge in [-0.05, 0) is 137 Å². The molecule has 1 amide bonds. The minimum atomic E-state index is -0.179. The van der Waals surface area contributed by atoms with Crippen LogP contribution < -0.4 is 9.64 Å². The number of piperazine rings is 1. The lowest BCUT2D eigenvalue weighted by Crippen LogP contribution is -2.52. The molecule has 0 radical (unpaired) electrons. The van der Waals surface area contributed by atoms with Crippen LogP contribution in [0.5, 0.6) is 5.75 Å². The summed E-state index contributed by atoms with van der Waals surface area (Å²) in [6, 6.07) is 13.4. The third kappa shape index (κ3) is 6.56. The van der Waals surface area contributed by atoms with Gasteiger partial charge < -0.3 is 24.0 Å². The van der Waals surface area contributed by atoms with Crippen LogP contribution in [0, 0.1) is 46.3 Å². The summed E-state index contributed by atoms with van der Waals surface area (Å²) in [5, 5.41) is 0. The van der Waals surface area contributed by atoms with Gasteiger partial charge in [-0.1, -0.05) is 110 Å². The Morgan fingerprint density at radius 2 is 1.72 bits per heavy atom. The molecular weight excluding hydrogens is 753 g/mol. The van der Waals surface area contributed by atoms with Crippen LogP contribution in [-0.2, 0) is 14.9 Å². The van der Waals surface area contributed by atoms with Crippen LogP contribution in [0.3, 0.4) is 0 Å². The zero-order chi connectivity index (χ0) is 42.4. The van der Waals surface area contributed by atoms with Gasteiger partial charge in [-0.25, -0.2) is 4.79 Å². The van der Waals surface area contributed by atoms with Gasteiger partial charge in [0.2, 0.25) is 0 Å². The molecule has 326 valence electrons. The Labute approximate surface area is 366 Å². The second kappa shape index (κ2) is 15.4. The Morgan fingerprint density at radius 1 is 0.918 bits per heavy atom. The molecule has 3 saturated carbocycles. The normalized spacial score (nSPS) is 33.5. The maximum atomic E-state index is 13.9. The number of carbonyl (C=O) groups is 1. The fourth-order valence-electron chi connectivity index (χ4n) is 15.0. The van der Waals surface area contributed by atoms with Gasteiger partial charge in [-0.3, -0.25) is 0 Å². The zero-order valence-electron chi connectivity index (χ0n) is 38.5. The number of nitrogens with zero attached hydrogens (tertiary/aromatic N) is 2. The van der Waals surface area contributed by atoms with Crippen molar-refractivity contribution in [1.29, 1.82) is 0 Å². The predicted octanol–water partition coefficient (Wildman–Crippen LogP) is 13.0. The topological polar surface area (TPSA) is 51.2 Å². The van der Waals surface area contributed by atoms with Crippen molar-refractivity contribution in [2.24, 2.45) is 46.3 Å². The number of allylic oxidation sites excluding steroid dienone is 3. The lowest BCUT2D eigenvalue weighted by molar-refractivity contribution is -0.0593. The number of carbonyl (C=O) groups excluding carboxylic acids is 1. The van der Waals surface area contributed by atoms with Gasteiger partial charge in [0.25, 0.3) is 0 Å². The van der Waals surface area contributed by atoms with Gasteiger partial charge in [-0.15, -0.1) is 0 Å². The predicted molar refractivity (Wildman–Crippen MR) is 247 cm³/mol. The second-order valence-corrected chi connectivity index (χ2v) is 22.0. The van der Waals surface area contributed by atoms with Gasteiger partial charge in [-0.2, -0.15) is 0 Å². The number of ether oxygens (including phenoxy) is 3. The highest BCUT2D eigenvalue weighted by molar-refractivity contribution is 5.97. The fraction of sp³-hybridized carbons (Fsp3) is 0.618. The van der Waals surface area contributed by atoms with E-state index in [9.17, 15) is 4.79 Å². The molecule has 8 aliphatic rings. The van der Waals surface area contributed by atoms with Gasteiger partial charge in [0.1, 0.15) is 18.0 Å². The number of amides is 1. The van der Waals surface area contributed by atoms with E-state index in [2.05, 4.69) is 102 Å². The summed E-state index contributed by atoms with van der Waals surface area (Å²) in [5.74, 6) is 5.84. The number of anilines is 1. The molecule has 0 spiro atoms. The molecule has 0 N–H and O–H groups in total. The summed E-state index contributed by atoms with van der Waals surface area (Å²) in [4.78, 5) is 18.2. The van der Waals surface area contributed by atoms with Crippen molar-refractivity contribution in [3.8, 4) is 5.75 Å². The minimum Gasteiger partial charge on any atom is -0.495 e. The summed E-state index contributed by atoms with van der Waals surface area (Å²) in [7, 11) is 1.77. The minimum absolute atomic E-state index is 0.0321. The van der Waals surface area contributed by atoms with Crippen LogP contribution in [0.1, 0.15) is 147 Å². The van der Waals surface area contributed by atoms with Crippen molar-refractivity contribution in [3.05, 3.63) is 99.9 Å². The van der Waals surface area contributed by atoms with E-state index in [1.807, 2.05) is 17.2 Å². The van der Waals surface area contributed by atoms with Crippen molar-refractivity contribution in [2.45, 2.75) is 137 Å². The molecule has 2 heterocycles. The van der Waals surface area contributed by atoms with E-state index >= 15 is 0 Å². The molecule has 61 heavy (non-hydrogen) atoms. The van der Waals surface area contributed by atoms with Gasteiger partial charge in [0, 0.05) is 49.2 Å². The molecule has 2 aromatic rings. The molecule has 9 atom stereocenters. The van der Waals surface area contributed by atoms with E-state index in [-0.39, 0.29) is 29.1 Å². The second-order valence-electron chi connectivity index (χ2n) is 22.0. The smallest absolute Gasteiger partial charge is 0.410 e. The highest BCUT2D eigenvalue weighted by Crippen LogP contribution is 2.68. The molecule has 6 nitrogen and oxygen atoms in total. The Hall–Kier alpha value is -3.93. The van der Waals surface area contributed by atoms with E-state index in [1.54, 1.807) is 12.7 Å². The summed E-state index contributed by atoms with van der Waals surface area (Å²) in [5.41, 5.74) is 12.2. The van der Waals surface area contributed by atoms with E-state index in [0.717, 1.165) is 84.9 Å². The Balaban J connectivity index is 0.802. The van der Waals surface area contributed by atoms with Crippen LogP contribution in [0.4, 0.5) is 10.5 Å². The van der Waals surface area contributed by atoms with Gasteiger partial charge in [0.15, 0.2) is 0 Å². The Bertz CT molecular complexity index is 2190. The summed E-state index contributed by atoms with van der Waals surface area (Å²) in [6.45, 7) is 20.0. The van der Waals surface area contributed by atoms with Crippen LogP contribution in [0.25, 0.3) is 5.57 Å². The number of rotatable bonds is 8. The first-order valence-electron chi connectivity index (χ1n) is 24.3. The van der Waals surface area contributed by atoms with Gasteiger partial charge >= 0.3 is 6.09 Å². The maximum absolute atomic E-state index is 13.9. The third-order valence-electron chi connectivity index (χ3n) is 18.2. The van der Waals surface area contributed by atoms with Crippen molar-refractivity contribution in [2.75, 3.05) is 38.2 Å². The number of fused-ring (bicyclic) bond motifs is 12. The summed E-state index contributed by atoms with van der Waals surface area (Å²) >= 11 is 0. The van der Waals surface area contributed by atoms with Crippen molar-refractivity contribution in [3.63, 3.8) is 0 Å². The monoisotopic (exact) mass is 825 g/mol. The van der Waals surface area contributed by atoms with E-state index in [1.165, 1.54) is 84.8 Å². The van der Waals surface area contributed by atoms with E-state index in [0.29, 0.717) is 18.5 Å². The molecule has 4 fully saturated rings. The molecule has 0 aromatic heterocycles. The third-order valence-corrected chi connectivity index (χ3v) is 18.2. The number of hydrogen-bond donors (Lipinski definition) is 0. The quantitative estimate of drug-likeness (QED) is 0.248. The van der Waals surface area contributed by atoms with Crippen LogP contribution in [0.15, 0.2) is 77.6 Å². The lowest BCUT2D eigenvalue weighted by atomic mass is 9.47. The first-order valence-corrected chi connectivity index (χ1v) is 24.3. The zero-order valence-corrected chi connectivity index (χ0v) is 38.5. The highest BCUT2D eigenvalue weighted by Gasteiger charge is 2.59. The average molecular weight is 825 g/mol. The van der Waals surface area contributed by atoms with Crippen molar-refractivity contribution >= 4 is 17.4 Å². The number of hydrogen-bond acceptors (Lipinski definition) is 5. The average Bonchev–Trinajstić information content (AvgIpc) is 3.74. The van der Waals surface area contributed by atoms with Crippen LogP contribution >= 0.6 is 0 Å². The number of benzene rings is 2. The summed E-state index contributed by atoms with van der Waals surface area (Å²) in [6.07, 6.45) is 22.4. The molecule has 6 aliphatic carbocycles.